The molecule has 6 nitrogen and oxygen atoms in total. The number of rotatable bonds is 5. The van der Waals surface area contributed by atoms with Crippen molar-refractivity contribution in [3.63, 3.8) is 0 Å². The van der Waals surface area contributed by atoms with Crippen LogP contribution >= 0.6 is 0 Å². The van der Waals surface area contributed by atoms with Crippen molar-refractivity contribution in [3.05, 3.63) is 29.3 Å². The molecule has 0 aliphatic carbocycles. The molecule has 0 saturated carbocycles. The molecule has 1 atom stereocenters. The molecular formula is C18H27BN2O4. The number of carbonyl (C=O) groups is 2. The van der Waals surface area contributed by atoms with Gasteiger partial charge in [-0.15, -0.1) is 0 Å². The van der Waals surface area contributed by atoms with Crippen molar-refractivity contribution in [2.45, 2.75) is 65.2 Å². The smallest absolute Gasteiger partial charge is 0.399 e. The van der Waals surface area contributed by atoms with E-state index in [1.54, 1.807) is 19.1 Å². The molecule has 1 aromatic rings. The van der Waals surface area contributed by atoms with E-state index in [-0.39, 0.29) is 5.91 Å². The van der Waals surface area contributed by atoms with Gasteiger partial charge in [0.05, 0.1) is 11.2 Å². The lowest BCUT2D eigenvalue weighted by Crippen LogP contribution is -2.44. The average molecular weight is 346 g/mol. The van der Waals surface area contributed by atoms with E-state index in [0.717, 1.165) is 11.0 Å². The number of amides is 2. The molecule has 0 radical (unpaired) electrons. The van der Waals surface area contributed by atoms with E-state index in [0.29, 0.717) is 12.0 Å². The predicted octanol–water partition coefficient (Wildman–Crippen LogP) is 1.29. The molecular weight excluding hydrogens is 319 g/mol. The maximum Gasteiger partial charge on any atom is 0.495 e. The van der Waals surface area contributed by atoms with Crippen molar-refractivity contribution in [1.82, 2.24) is 5.32 Å². The first-order valence-corrected chi connectivity index (χ1v) is 8.55. The Kier molecular flexibility index (Phi) is 5.30. The molecule has 25 heavy (non-hydrogen) atoms. The SMILES string of the molecule is CC[C@@H](NC(=O)c1ccc(C)c(B2OC(C)(C)C(C)(C)O2)c1)C(N)=O. The van der Waals surface area contributed by atoms with Gasteiger partial charge in [-0.3, -0.25) is 9.59 Å². The van der Waals surface area contributed by atoms with Gasteiger partial charge in [0.2, 0.25) is 5.91 Å². The van der Waals surface area contributed by atoms with Crippen LogP contribution in [-0.4, -0.2) is 36.2 Å². The summed E-state index contributed by atoms with van der Waals surface area (Å²) in [4.78, 5) is 23.8. The molecule has 3 N–H and O–H groups in total. The predicted molar refractivity (Wildman–Crippen MR) is 97.6 cm³/mol. The second kappa shape index (κ2) is 6.80. The highest BCUT2D eigenvalue weighted by Gasteiger charge is 2.52. The number of primary amides is 1. The summed E-state index contributed by atoms with van der Waals surface area (Å²) >= 11 is 0. The number of nitrogens with two attached hydrogens (primary N) is 1. The van der Waals surface area contributed by atoms with Crippen LogP contribution in [0.5, 0.6) is 0 Å². The minimum absolute atomic E-state index is 0.344. The van der Waals surface area contributed by atoms with E-state index in [4.69, 9.17) is 15.0 Å². The number of aryl methyl sites for hydroxylation is 1. The highest BCUT2D eigenvalue weighted by molar-refractivity contribution is 6.62. The summed E-state index contributed by atoms with van der Waals surface area (Å²) in [6, 6.07) is 4.63. The van der Waals surface area contributed by atoms with Crippen molar-refractivity contribution in [1.29, 1.82) is 0 Å². The molecule has 0 aromatic heterocycles. The minimum Gasteiger partial charge on any atom is -0.399 e. The molecule has 1 aliphatic rings. The van der Waals surface area contributed by atoms with E-state index in [1.807, 2.05) is 40.7 Å². The monoisotopic (exact) mass is 346 g/mol. The Morgan fingerprint density at radius 3 is 2.24 bits per heavy atom. The van der Waals surface area contributed by atoms with Gasteiger partial charge in [0.1, 0.15) is 6.04 Å². The van der Waals surface area contributed by atoms with Gasteiger partial charge in [0.25, 0.3) is 5.91 Å². The third-order valence-corrected chi connectivity index (χ3v) is 5.11. The van der Waals surface area contributed by atoms with Crippen molar-refractivity contribution in [2.75, 3.05) is 0 Å². The van der Waals surface area contributed by atoms with E-state index in [9.17, 15) is 9.59 Å². The van der Waals surface area contributed by atoms with Crippen LogP contribution in [0, 0.1) is 6.92 Å². The molecule has 0 bridgehead atoms. The van der Waals surface area contributed by atoms with Crippen LogP contribution in [0.3, 0.4) is 0 Å². The highest BCUT2D eigenvalue weighted by atomic mass is 16.7. The number of carbonyl (C=O) groups excluding carboxylic acids is 2. The van der Waals surface area contributed by atoms with Crippen LogP contribution in [0.1, 0.15) is 57.0 Å². The van der Waals surface area contributed by atoms with Crippen LogP contribution in [-0.2, 0) is 14.1 Å². The van der Waals surface area contributed by atoms with Crippen molar-refractivity contribution in [3.8, 4) is 0 Å². The summed E-state index contributed by atoms with van der Waals surface area (Å²) in [7, 11) is -0.545. The molecule has 1 saturated heterocycles. The maximum atomic E-state index is 12.5. The summed E-state index contributed by atoms with van der Waals surface area (Å²) in [5, 5.41) is 2.66. The number of hydrogen-bond donors (Lipinski definition) is 2. The Morgan fingerprint density at radius 2 is 1.76 bits per heavy atom. The fraction of sp³-hybridized carbons (Fsp3) is 0.556. The molecule has 1 aromatic carbocycles. The fourth-order valence-corrected chi connectivity index (χ4v) is 2.62. The zero-order chi connectivity index (χ0) is 19.0. The van der Waals surface area contributed by atoms with Gasteiger partial charge < -0.3 is 20.4 Å². The first-order chi connectivity index (χ1) is 11.5. The van der Waals surface area contributed by atoms with E-state index >= 15 is 0 Å². The Balaban J connectivity index is 2.27. The zero-order valence-electron chi connectivity index (χ0n) is 15.8. The van der Waals surface area contributed by atoms with Crippen molar-refractivity contribution < 1.29 is 18.9 Å². The van der Waals surface area contributed by atoms with E-state index in [2.05, 4.69) is 5.32 Å². The molecule has 7 heteroatoms. The normalized spacial score (nSPS) is 19.5. The third kappa shape index (κ3) is 3.88. The van der Waals surface area contributed by atoms with Crippen molar-refractivity contribution >= 4 is 24.4 Å². The Bertz CT molecular complexity index is 672. The third-order valence-electron chi connectivity index (χ3n) is 5.11. The highest BCUT2D eigenvalue weighted by Crippen LogP contribution is 2.36. The van der Waals surface area contributed by atoms with Gasteiger partial charge >= 0.3 is 7.12 Å². The van der Waals surface area contributed by atoms with Crippen LogP contribution in [0.15, 0.2) is 18.2 Å². The second-order valence-electron chi connectivity index (χ2n) is 7.50. The fourth-order valence-electron chi connectivity index (χ4n) is 2.62. The number of nitrogens with one attached hydrogen (secondary N) is 1. The summed E-state index contributed by atoms with van der Waals surface area (Å²) in [6.07, 6.45) is 0.441. The number of hydrogen-bond acceptors (Lipinski definition) is 4. The minimum atomic E-state index is -0.686. The standard InChI is InChI=1S/C18H27BN2O4/c1-7-14(15(20)22)21-16(23)12-9-8-11(2)13(10-12)19-24-17(3,4)18(5,6)25-19/h8-10,14H,7H2,1-6H3,(H2,20,22)(H,21,23)/t14-/m1/s1. The van der Waals surface area contributed by atoms with Gasteiger partial charge in [-0.1, -0.05) is 18.6 Å². The summed E-state index contributed by atoms with van der Waals surface area (Å²) in [6.45, 7) is 11.7. The van der Waals surface area contributed by atoms with Crippen LogP contribution in [0.4, 0.5) is 0 Å². The van der Waals surface area contributed by atoms with Gasteiger partial charge in [0.15, 0.2) is 0 Å². The lowest BCUT2D eigenvalue weighted by molar-refractivity contribution is -0.119. The molecule has 2 rings (SSSR count). The summed E-state index contributed by atoms with van der Waals surface area (Å²) < 4.78 is 12.2. The van der Waals surface area contributed by atoms with Crippen molar-refractivity contribution in [2.24, 2.45) is 5.73 Å². The molecule has 1 aliphatic heterocycles. The van der Waals surface area contributed by atoms with Crippen LogP contribution in [0.25, 0.3) is 0 Å². The summed E-state index contributed by atoms with van der Waals surface area (Å²) in [5.41, 5.74) is 6.59. The lowest BCUT2D eigenvalue weighted by Gasteiger charge is -2.32. The first kappa shape index (κ1) is 19.5. The second-order valence-corrected chi connectivity index (χ2v) is 7.50. The average Bonchev–Trinajstić information content (AvgIpc) is 2.72. The Hall–Kier alpha value is -1.86. The molecule has 1 heterocycles. The van der Waals surface area contributed by atoms with E-state index < -0.39 is 30.3 Å². The zero-order valence-corrected chi connectivity index (χ0v) is 15.8. The topological polar surface area (TPSA) is 90.7 Å². The summed E-state index contributed by atoms with van der Waals surface area (Å²) in [5.74, 6) is -0.891. The van der Waals surface area contributed by atoms with Gasteiger partial charge in [-0.25, -0.2) is 0 Å². The maximum absolute atomic E-state index is 12.5. The molecule has 0 spiro atoms. The molecule has 136 valence electrons. The molecule has 1 fully saturated rings. The number of benzene rings is 1. The van der Waals surface area contributed by atoms with Gasteiger partial charge in [-0.05, 0) is 58.6 Å². The first-order valence-electron chi connectivity index (χ1n) is 8.55. The van der Waals surface area contributed by atoms with Crippen LogP contribution in [0.2, 0.25) is 0 Å². The van der Waals surface area contributed by atoms with Gasteiger partial charge in [-0.2, -0.15) is 0 Å². The Labute approximate surface area is 149 Å². The lowest BCUT2D eigenvalue weighted by atomic mass is 9.75. The molecule has 2 amide bonds. The molecule has 0 unspecified atom stereocenters. The van der Waals surface area contributed by atoms with Gasteiger partial charge in [0, 0.05) is 5.56 Å². The Morgan fingerprint density at radius 1 is 1.20 bits per heavy atom. The largest absolute Gasteiger partial charge is 0.495 e. The van der Waals surface area contributed by atoms with Crippen LogP contribution < -0.4 is 16.5 Å². The quantitative estimate of drug-likeness (QED) is 0.786. The van der Waals surface area contributed by atoms with E-state index in [1.165, 1.54) is 0 Å².